The molecular formula is C15H16N2O4S. The quantitative estimate of drug-likeness (QED) is 0.814. The lowest BCUT2D eigenvalue weighted by atomic mass is 10.1. The average Bonchev–Trinajstić information content (AvgIpc) is 2.75. The van der Waals surface area contributed by atoms with Gasteiger partial charge >= 0.3 is 6.09 Å². The van der Waals surface area contributed by atoms with Crippen molar-refractivity contribution in [2.45, 2.75) is 13.3 Å². The van der Waals surface area contributed by atoms with Gasteiger partial charge in [0.25, 0.3) is 11.1 Å². The van der Waals surface area contributed by atoms with Crippen LogP contribution >= 0.6 is 11.8 Å². The van der Waals surface area contributed by atoms with E-state index in [4.69, 9.17) is 5.11 Å². The number of hydrogen-bond donors (Lipinski definition) is 2. The molecule has 0 bridgehead atoms. The van der Waals surface area contributed by atoms with Crippen molar-refractivity contribution < 1.29 is 19.5 Å². The third-order valence-corrected chi connectivity index (χ3v) is 4.08. The molecule has 6 nitrogen and oxygen atoms in total. The van der Waals surface area contributed by atoms with Gasteiger partial charge in [-0.25, -0.2) is 4.79 Å². The van der Waals surface area contributed by atoms with E-state index in [1.165, 1.54) is 5.56 Å². The number of hydrogen-bond acceptors (Lipinski definition) is 4. The van der Waals surface area contributed by atoms with Crippen LogP contribution < -0.4 is 5.32 Å². The van der Waals surface area contributed by atoms with Crippen LogP contribution in [0, 0.1) is 0 Å². The summed E-state index contributed by atoms with van der Waals surface area (Å²) in [5.41, 5.74) is 2.05. The number of carbonyl (C=O) groups excluding carboxylic acids is 2. The SMILES string of the molecule is CCc1ccc(C=C2SC(=O)N(CCNC(=O)O)C2=O)cc1. The molecule has 2 rings (SSSR count). The minimum atomic E-state index is -1.18. The van der Waals surface area contributed by atoms with Gasteiger partial charge in [0.1, 0.15) is 0 Å². The molecular weight excluding hydrogens is 304 g/mol. The number of nitrogens with zero attached hydrogens (tertiary/aromatic N) is 1. The van der Waals surface area contributed by atoms with Crippen LogP contribution in [0.25, 0.3) is 6.08 Å². The normalized spacial score (nSPS) is 16.4. The molecule has 0 saturated carbocycles. The van der Waals surface area contributed by atoms with Crippen molar-refractivity contribution in [3.63, 3.8) is 0 Å². The van der Waals surface area contributed by atoms with Crippen molar-refractivity contribution >= 4 is 35.1 Å². The number of nitrogens with one attached hydrogen (secondary N) is 1. The molecule has 1 aliphatic rings. The van der Waals surface area contributed by atoms with Gasteiger partial charge in [-0.3, -0.25) is 14.5 Å². The van der Waals surface area contributed by atoms with Crippen molar-refractivity contribution in [2.24, 2.45) is 0 Å². The lowest BCUT2D eigenvalue weighted by Crippen LogP contribution is -2.36. The molecule has 22 heavy (non-hydrogen) atoms. The number of imide groups is 1. The molecule has 7 heteroatoms. The first-order valence-electron chi connectivity index (χ1n) is 6.82. The average molecular weight is 320 g/mol. The van der Waals surface area contributed by atoms with Crippen molar-refractivity contribution in [3.8, 4) is 0 Å². The van der Waals surface area contributed by atoms with E-state index in [-0.39, 0.29) is 24.2 Å². The summed E-state index contributed by atoms with van der Waals surface area (Å²) in [5.74, 6) is -0.387. The fraction of sp³-hybridized carbons (Fsp3) is 0.267. The fourth-order valence-corrected chi connectivity index (χ4v) is 2.83. The lowest BCUT2D eigenvalue weighted by Gasteiger charge is -2.11. The van der Waals surface area contributed by atoms with Crippen LogP contribution in [0.4, 0.5) is 9.59 Å². The second kappa shape index (κ2) is 7.13. The number of carbonyl (C=O) groups is 3. The highest BCUT2D eigenvalue weighted by atomic mass is 32.2. The minimum Gasteiger partial charge on any atom is -0.465 e. The topological polar surface area (TPSA) is 86.7 Å². The van der Waals surface area contributed by atoms with Crippen LogP contribution in [-0.2, 0) is 11.2 Å². The molecule has 0 atom stereocenters. The van der Waals surface area contributed by atoms with Crippen molar-refractivity contribution in [1.82, 2.24) is 10.2 Å². The number of carboxylic acid groups (broad SMARTS) is 1. The lowest BCUT2D eigenvalue weighted by molar-refractivity contribution is -0.122. The van der Waals surface area contributed by atoms with Crippen LogP contribution in [0.3, 0.4) is 0 Å². The predicted molar refractivity (Wildman–Crippen MR) is 84.5 cm³/mol. The highest BCUT2D eigenvalue weighted by molar-refractivity contribution is 8.18. The maximum absolute atomic E-state index is 12.2. The number of benzene rings is 1. The summed E-state index contributed by atoms with van der Waals surface area (Å²) < 4.78 is 0. The second-order valence-corrected chi connectivity index (χ2v) is 5.65. The fourth-order valence-electron chi connectivity index (χ4n) is 1.97. The van der Waals surface area contributed by atoms with Crippen LogP contribution in [0.5, 0.6) is 0 Å². The molecule has 1 heterocycles. The van der Waals surface area contributed by atoms with Gasteiger partial charge in [0.15, 0.2) is 0 Å². The van der Waals surface area contributed by atoms with E-state index < -0.39 is 6.09 Å². The molecule has 116 valence electrons. The molecule has 3 amide bonds. The molecule has 1 aromatic rings. The molecule has 0 unspecified atom stereocenters. The van der Waals surface area contributed by atoms with E-state index in [9.17, 15) is 14.4 Å². The van der Waals surface area contributed by atoms with Gasteiger partial charge in [-0.1, -0.05) is 31.2 Å². The summed E-state index contributed by atoms with van der Waals surface area (Å²) in [4.78, 5) is 35.8. The Balaban J connectivity index is 2.06. The largest absolute Gasteiger partial charge is 0.465 e. The Labute approximate surface area is 132 Å². The highest BCUT2D eigenvalue weighted by Gasteiger charge is 2.34. The molecule has 0 aromatic heterocycles. The zero-order chi connectivity index (χ0) is 16.1. The van der Waals surface area contributed by atoms with Crippen LogP contribution in [-0.4, -0.2) is 40.3 Å². The van der Waals surface area contributed by atoms with E-state index in [2.05, 4.69) is 12.2 Å². The first-order chi connectivity index (χ1) is 10.5. The highest BCUT2D eigenvalue weighted by Crippen LogP contribution is 2.31. The van der Waals surface area contributed by atoms with Gasteiger partial charge in [0.05, 0.1) is 4.91 Å². The van der Waals surface area contributed by atoms with Gasteiger partial charge in [0.2, 0.25) is 0 Å². The molecule has 1 aliphatic heterocycles. The summed E-state index contributed by atoms with van der Waals surface area (Å²) in [6, 6.07) is 7.76. The molecule has 1 fully saturated rings. The number of thioether (sulfide) groups is 1. The maximum Gasteiger partial charge on any atom is 0.404 e. The van der Waals surface area contributed by atoms with Crippen molar-refractivity contribution in [2.75, 3.05) is 13.1 Å². The standard InChI is InChI=1S/C15H16N2O4S/c1-2-10-3-5-11(6-4-10)9-12-13(18)17(15(21)22-12)8-7-16-14(19)20/h3-6,9,16H,2,7-8H2,1H3,(H,19,20). The Morgan fingerprint density at radius 1 is 1.32 bits per heavy atom. The third kappa shape index (κ3) is 3.88. The third-order valence-electron chi connectivity index (χ3n) is 3.17. The summed E-state index contributed by atoms with van der Waals surface area (Å²) in [6.07, 6.45) is 1.43. The Hall–Kier alpha value is -2.28. The monoisotopic (exact) mass is 320 g/mol. The van der Waals surface area contributed by atoms with E-state index >= 15 is 0 Å². The zero-order valence-electron chi connectivity index (χ0n) is 12.0. The first kappa shape index (κ1) is 16.1. The smallest absolute Gasteiger partial charge is 0.404 e. The molecule has 0 radical (unpaired) electrons. The van der Waals surface area contributed by atoms with Crippen molar-refractivity contribution in [1.29, 1.82) is 0 Å². The number of rotatable bonds is 5. The summed E-state index contributed by atoms with van der Waals surface area (Å²) in [7, 11) is 0. The maximum atomic E-state index is 12.2. The molecule has 2 N–H and O–H groups in total. The number of aryl methyl sites for hydroxylation is 1. The van der Waals surface area contributed by atoms with Gasteiger partial charge in [-0.15, -0.1) is 0 Å². The second-order valence-electron chi connectivity index (χ2n) is 4.66. The van der Waals surface area contributed by atoms with Crippen LogP contribution in [0.1, 0.15) is 18.1 Å². The molecule has 1 saturated heterocycles. The van der Waals surface area contributed by atoms with Crippen LogP contribution in [0.15, 0.2) is 29.2 Å². The number of amides is 3. The van der Waals surface area contributed by atoms with Crippen molar-refractivity contribution in [3.05, 3.63) is 40.3 Å². The van der Waals surface area contributed by atoms with Gasteiger partial charge in [-0.05, 0) is 35.4 Å². The van der Waals surface area contributed by atoms with Gasteiger partial charge in [0, 0.05) is 13.1 Å². The summed E-state index contributed by atoms with van der Waals surface area (Å²) in [5, 5.41) is 10.2. The Bertz CT molecular complexity index is 625. The van der Waals surface area contributed by atoms with E-state index in [0.29, 0.717) is 4.91 Å². The van der Waals surface area contributed by atoms with Gasteiger partial charge < -0.3 is 10.4 Å². The zero-order valence-corrected chi connectivity index (χ0v) is 12.9. The molecule has 1 aromatic carbocycles. The van der Waals surface area contributed by atoms with E-state index in [0.717, 1.165) is 28.6 Å². The van der Waals surface area contributed by atoms with E-state index in [1.54, 1.807) is 6.08 Å². The molecule has 0 aliphatic carbocycles. The predicted octanol–water partition coefficient (Wildman–Crippen LogP) is 2.55. The summed E-state index contributed by atoms with van der Waals surface area (Å²) >= 11 is 0.869. The Morgan fingerprint density at radius 3 is 2.59 bits per heavy atom. The Morgan fingerprint density at radius 2 is 2.00 bits per heavy atom. The van der Waals surface area contributed by atoms with Crippen LogP contribution in [0.2, 0.25) is 0 Å². The minimum absolute atomic E-state index is 0.0197. The molecule has 0 spiro atoms. The summed E-state index contributed by atoms with van der Waals surface area (Å²) in [6.45, 7) is 2.11. The van der Waals surface area contributed by atoms with Gasteiger partial charge in [-0.2, -0.15) is 0 Å². The van der Waals surface area contributed by atoms with E-state index in [1.807, 2.05) is 24.3 Å². The first-order valence-corrected chi connectivity index (χ1v) is 7.64. The Kier molecular flexibility index (Phi) is 5.21.